The third-order valence-electron chi connectivity index (χ3n) is 2.70. The molecule has 1 aliphatic rings. The molecule has 4 nitrogen and oxygen atoms in total. The normalized spacial score (nSPS) is 16.3. The molecule has 1 aromatic heterocycles. The lowest BCUT2D eigenvalue weighted by Gasteiger charge is -2.18. The van der Waals surface area contributed by atoms with Crippen LogP contribution in [0.15, 0.2) is 12.1 Å². The molecule has 0 saturated carbocycles. The first-order chi connectivity index (χ1) is 7.75. The van der Waals surface area contributed by atoms with Crippen molar-refractivity contribution < 1.29 is 4.79 Å². The highest BCUT2D eigenvalue weighted by Gasteiger charge is 2.24. The summed E-state index contributed by atoms with van der Waals surface area (Å²) >= 11 is 7.34. The Morgan fingerprint density at radius 1 is 1.38 bits per heavy atom. The van der Waals surface area contributed by atoms with Crippen LogP contribution in [0.5, 0.6) is 0 Å². The largest absolute Gasteiger partial charge is 0.361 e. The van der Waals surface area contributed by atoms with Gasteiger partial charge < -0.3 is 4.90 Å². The predicted octanol–water partition coefficient (Wildman–Crippen LogP) is 2.12. The second kappa shape index (κ2) is 3.68. The molecule has 2 aromatic rings. The maximum atomic E-state index is 11.3. The number of hydrogen-bond acceptors (Lipinski definition) is 5. The molecule has 1 saturated heterocycles. The van der Waals surface area contributed by atoms with Crippen molar-refractivity contribution in [3.63, 3.8) is 0 Å². The minimum atomic E-state index is 0.247. The highest BCUT2D eigenvalue weighted by atomic mass is 35.5. The van der Waals surface area contributed by atoms with Gasteiger partial charge in [0.05, 0.1) is 29.0 Å². The number of carbonyl (C=O) groups excluding carboxylic acids is 1. The molecular formula is C10H8ClN3OS. The Balaban J connectivity index is 2.17. The number of anilines is 1. The van der Waals surface area contributed by atoms with E-state index >= 15 is 0 Å². The van der Waals surface area contributed by atoms with Crippen LogP contribution >= 0.6 is 23.3 Å². The number of fused-ring (bicyclic) bond motifs is 1. The van der Waals surface area contributed by atoms with Crippen molar-refractivity contribution in [3.8, 4) is 0 Å². The molecule has 3 rings (SSSR count). The third kappa shape index (κ3) is 1.47. The monoisotopic (exact) mass is 253 g/mol. The van der Waals surface area contributed by atoms with Gasteiger partial charge in [0, 0.05) is 13.0 Å². The number of carbonyl (C=O) groups is 1. The number of nitrogens with zero attached hydrogens (tertiary/aromatic N) is 3. The van der Waals surface area contributed by atoms with E-state index < -0.39 is 0 Å². The van der Waals surface area contributed by atoms with Crippen LogP contribution in [0.3, 0.4) is 0 Å². The standard InChI is InChI=1S/C10H8ClN3OS/c11-7-1-2-8-9(13-16-12-8)10(7)14-4-3-6(15)5-14/h1-2H,3-5H2. The second-order valence-corrected chi connectivity index (χ2v) is 4.67. The van der Waals surface area contributed by atoms with Crippen LogP contribution in [0.25, 0.3) is 11.0 Å². The van der Waals surface area contributed by atoms with Gasteiger partial charge in [-0.2, -0.15) is 8.75 Å². The van der Waals surface area contributed by atoms with E-state index in [0.29, 0.717) is 18.0 Å². The number of hydrogen-bond donors (Lipinski definition) is 0. The molecule has 0 N–H and O–H groups in total. The molecule has 0 radical (unpaired) electrons. The van der Waals surface area contributed by atoms with Crippen molar-refractivity contribution in [1.82, 2.24) is 8.75 Å². The zero-order valence-corrected chi connectivity index (χ0v) is 9.88. The molecule has 0 atom stereocenters. The third-order valence-corrected chi connectivity index (χ3v) is 3.54. The predicted molar refractivity (Wildman–Crippen MR) is 64.3 cm³/mol. The number of benzene rings is 1. The molecule has 82 valence electrons. The number of Topliss-reactive ketones (excluding diaryl/α,β-unsaturated/α-hetero) is 1. The number of halogens is 1. The fourth-order valence-electron chi connectivity index (χ4n) is 1.94. The summed E-state index contributed by atoms with van der Waals surface area (Å²) in [4.78, 5) is 13.3. The number of rotatable bonds is 1. The van der Waals surface area contributed by atoms with Crippen LogP contribution in [0.4, 0.5) is 5.69 Å². The SMILES string of the molecule is O=C1CCN(c2c(Cl)ccc3nsnc23)C1. The van der Waals surface area contributed by atoms with E-state index in [-0.39, 0.29) is 5.78 Å². The summed E-state index contributed by atoms with van der Waals surface area (Å²) in [7, 11) is 0. The summed E-state index contributed by atoms with van der Waals surface area (Å²) in [5.74, 6) is 0.247. The summed E-state index contributed by atoms with van der Waals surface area (Å²) < 4.78 is 8.41. The van der Waals surface area contributed by atoms with Crippen molar-refractivity contribution in [3.05, 3.63) is 17.2 Å². The minimum Gasteiger partial charge on any atom is -0.361 e. The summed E-state index contributed by atoms with van der Waals surface area (Å²) in [5.41, 5.74) is 2.48. The quantitative estimate of drug-likeness (QED) is 0.781. The molecular weight excluding hydrogens is 246 g/mol. The fourth-order valence-corrected chi connectivity index (χ4v) is 2.75. The van der Waals surface area contributed by atoms with E-state index in [0.717, 1.165) is 23.3 Å². The average Bonchev–Trinajstić information content (AvgIpc) is 2.86. The van der Waals surface area contributed by atoms with Gasteiger partial charge >= 0.3 is 0 Å². The highest BCUT2D eigenvalue weighted by Crippen LogP contribution is 2.34. The van der Waals surface area contributed by atoms with Crippen LogP contribution in [0.1, 0.15) is 6.42 Å². The van der Waals surface area contributed by atoms with Gasteiger partial charge in [0.2, 0.25) is 0 Å². The van der Waals surface area contributed by atoms with Crippen molar-refractivity contribution in [2.75, 3.05) is 18.0 Å². The van der Waals surface area contributed by atoms with E-state index in [1.165, 1.54) is 11.7 Å². The summed E-state index contributed by atoms with van der Waals surface area (Å²) in [6, 6.07) is 3.66. The summed E-state index contributed by atoms with van der Waals surface area (Å²) in [6.07, 6.45) is 0.588. The van der Waals surface area contributed by atoms with E-state index in [1.807, 2.05) is 17.0 Å². The van der Waals surface area contributed by atoms with Crippen LogP contribution in [-0.2, 0) is 4.79 Å². The van der Waals surface area contributed by atoms with Crippen molar-refractivity contribution in [2.45, 2.75) is 6.42 Å². The van der Waals surface area contributed by atoms with Crippen LogP contribution < -0.4 is 4.90 Å². The zero-order chi connectivity index (χ0) is 11.1. The topological polar surface area (TPSA) is 46.1 Å². The lowest BCUT2D eigenvalue weighted by Crippen LogP contribution is -2.20. The first kappa shape index (κ1) is 9.99. The summed E-state index contributed by atoms with van der Waals surface area (Å²) in [5, 5.41) is 0.634. The van der Waals surface area contributed by atoms with Crippen LogP contribution in [-0.4, -0.2) is 27.6 Å². The molecule has 16 heavy (non-hydrogen) atoms. The minimum absolute atomic E-state index is 0.247. The Kier molecular flexibility index (Phi) is 2.29. The first-order valence-electron chi connectivity index (χ1n) is 4.93. The van der Waals surface area contributed by atoms with Gasteiger partial charge in [-0.25, -0.2) is 0 Å². The smallest absolute Gasteiger partial charge is 0.153 e. The molecule has 1 aromatic carbocycles. The van der Waals surface area contributed by atoms with Crippen molar-refractivity contribution in [2.24, 2.45) is 0 Å². The molecule has 6 heteroatoms. The van der Waals surface area contributed by atoms with Crippen LogP contribution in [0, 0.1) is 0 Å². The average molecular weight is 254 g/mol. The number of aromatic nitrogens is 2. The Labute approximate surface area is 101 Å². The van der Waals surface area contributed by atoms with E-state index in [9.17, 15) is 4.79 Å². The Hall–Kier alpha value is -1.20. The van der Waals surface area contributed by atoms with Crippen molar-refractivity contribution >= 4 is 45.8 Å². The molecule has 0 unspecified atom stereocenters. The summed E-state index contributed by atoms with van der Waals surface area (Å²) in [6.45, 7) is 1.14. The van der Waals surface area contributed by atoms with Crippen molar-refractivity contribution in [1.29, 1.82) is 0 Å². The maximum absolute atomic E-state index is 11.3. The van der Waals surface area contributed by atoms with E-state index in [1.54, 1.807) is 0 Å². The van der Waals surface area contributed by atoms with Gasteiger partial charge in [0.15, 0.2) is 5.78 Å². The van der Waals surface area contributed by atoms with Gasteiger partial charge in [-0.05, 0) is 12.1 Å². The molecule has 0 bridgehead atoms. The van der Waals surface area contributed by atoms with E-state index in [4.69, 9.17) is 11.6 Å². The molecule has 0 aliphatic carbocycles. The molecule has 0 spiro atoms. The van der Waals surface area contributed by atoms with Gasteiger partial charge in [-0.15, -0.1) is 0 Å². The number of ketones is 1. The second-order valence-electron chi connectivity index (χ2n) is 3.74. The molecule has 2 heterocycles. The van der Waals surface area contributed by atoms with Gasteiger partial charge in [0.1, 0.15) is 11.0 Å². The van der Waals surface area contributed by atoms with Gasteiger partial charge in [0.25, 0.3) is 0 Å². The van der Waals surface area contributed by atoms with Gasteiger partial charge in [-0.3, -0.25) is 4.79 Å². The maximum Gasteiger partial charge on any atom is 0.153 e. The zero-order valence-electron chi connectivity index (χ0n) is 8.31. The van der Waals surface area contributed by atoms with E-state index in [2.05, 4.69) is 8.75 Å². The lowest BCUT2D eigenvalue weighted by atomic mass is 10.2. The Morgan fingerprint density at radius 3 is 3.00 bits per heavy atom. The fraction of sp³-hybridized carbons (Fsp3) is 0.300. The van der Waals surface area contributed by atoms with Crippen LogP contribution in [0.2, 0.25) is 5.02 Å². The Morgan fingerprint density at radius 2 is 2.25 bits per heavy atom. The first-order valence-corrected chi connectivity index (χ1v) is 6.04. The highest BCUT2D eigenvalue weighted by molar-refractivity contribution is 7.00. The molecule has 0 amide bonds. The lowest BCUT2D eigenvalue weighted by molar-refractivity contribution is -0.116. The Bertz CT molecular complexity index is 568. The molecule has 1 fully saturated rings. The molecule has 1 aliphatic heterocycles. The van der Waals surface area contributed by atoms with Gasteiger partial charge in [-0.1, -0.05) is 11.6 Å².